The molecule has 0 saturated heterocycles. The zero-order valence-corrected chi connectivity index (χ0v) is 14.1. The van der Waals surface area contributed by atoms with E-state index < -0.39 is 32.1 Å². The minimum atomic E-state index is -4.12. The summed E-state index contributed by atoms with van der Waals surface area (Å²) >= 11 is 11.5. The molecule has 0 aromatic heterocycles. The third kappa shape index (κ3) is 3.83. The lowest BCUT2D eigenvalue weighted by Crippen LogP contribution is -2.08. The highest BCUT2D eigenvalue weighted by Crippen LogP contribution is 2.35. The Morgan fingerprint density at radius 3 is 2.48 bits per heavy atom. The fourth-order valence-corrected chi connectivity index (χ4v) is 4.08. The SMILES string of the molecule is CC(=O)c1ccc(F)c(CS(=O)(=O)c2cc(Cl)cc(Cl)c2O)c1. The monoisotopic (exact) mass is 376 g/mol. The maximum atomic E-state index is 13.8. The van der Waals surface area contributed by atoms with Crippen molar-refractivity contribution in [1.82, 2.24) is 0 Å². The standard InChI is InChI=1S/C15H11Cl2FO4S/c1-8(19)9-2-3-13(18)10(4-9)7-23(21,22)14-6-11(16)5-12(17)15(14)20/h2-6,20H,7H2,1H3. The molecule has 122 valence electrons. The first-order chi connectivity index (χ1) is 10.6. The summed E-state index contributed by atoms with van der Waals surface area (Å²) in [6, 6.07) is 5.67. The molecule has 0 heterocycles. The highest BCUT2D eigenvalue weighted by Gasteiger charge is 2.24. The van der Waals surface area contributed by atoms with Gasteiger partial charge in [-0.2, -0.15) is 0 Å². The van der Waals surface area contributed by atoms with Gasteiger partial charge in [0.25, 0.3) is 0 Å². The summed E-state index contributed by atoms with van der Waals surface area (Å²) in [4.78, 5) is 10.8. The van der Waals surface area contributed by atoms with E-state index >= 15 is 0 Å². The number of benzene rings is 2. The van der Waals surface area contributed by atoms with Gasteiger partial charge in [0, 0.05) is 16.1 Å². The maximum absolute atomic E-state index is 13.8. The molecule has 1 N–H and O–H groups in total. The summed E-state index contributed by atoms with van der Waals surface area (Å²) < 4.78 is 38.7. The Labute approximate surface area is 142 Å². The number of Topliss-reactive ketones (excluding diaryl/α,β-unsaturated/α-hetero) is 1. The van der Waals surface area contributed by atoms with Crippen LogP contribution in [0.5, 0.6) is 5.75 Å². The lowest BCUT2D eigenvalue weighted by atomic mass is 10.1. The Morgan fingerprint density at radius 2 is 1.87 bits per heavy atom. The van der Waals surface area contributed by atoms with E-state index in [0.717, 1.165) is 12.1 Å². The van der Waals surface area contributed by atoms with Crippen molar-refractivity contribution in [1.29, 1.82) is 0 Å². The van der Waals surface area contributed by atoms with Crippen molar-refractivity contribution in [3.63, 3.8) is 0 Å². The van der Waals surface area contributed by atoms with Gasteiger partial charge in [0.15, 0.2) is 21.4 Å². The molecule has 0 bridgehead atoms. The summed E-state index contributed by atoms with van der Waals surface area (Å²) in [5.74, 6) is -2.49. The van der Waals surface area contributed by atoms with Gasteiger partial charge in [0.1, 0.15) is 10.7 Å². The molecule has 0 spiro atoms. The van der Waals surface area contributed by atoms with Crippen molar-refractivity contribution < 1.29 is 22.7 Å². The van der Waals surface area contributed by atoms with Gasteiger partial charge in [-0.1, -0.05) is 23.2 Å². The summed E-state index contributed by atoms with van der Waals surface area (Å²) in [6.45, 7) is 1.29. The minimum Gasteiger partial charge on any atom is -0.505 e. The van der Waals surface area contributed by atoms with Gasteiger partial charge in [0.05, 0.1) is 10.8 Å². The van der Waals surface area contributed by atoms with Crippen LogP contribution < -0.4 is 0 Å². The van der Waals surface area contributed by atoms with Crippen LogP contribution in [-0.2, 0) is 15.6 Å². The third-order valence-corrected chi connectivity index (χ3v) is 5.30. The number of hydrogen-bond acceptors (Lipinski definition) is 4. The van der Waals surface area contributed by atoms with Crippen LogP contribution in [0.4, 0.5) is 4.39 Å². The topological polar surface area (TPSA) is 71.4 Å². The molecule has 2 aromatic rings. The third-order valence-electron chi connectivity index (χ3n) is 3.13. The maximum Gasteiger partial charge on any atom is 0.186 e. The number of carbonyl (C=O) groups is 1. The molecule has 4 nitrogen and oxygen atoms in total. The van der Waals surface area contributed by atoms with E-state index in [1.807, 2.05) is 0 Å². The Hall–Kier alpha value is -1.63. The molecule has 2 rings (SSSR count). The fourth-order valence-electron chi connectivity index (χ4n) is 1.97. The molecule has 0 unspecified atom stereocenters. The molecule has 2 aromatic carbocycles. The smallest absolute Gasteiger partial charge is 0.186 e. The first-order valence-electron chi connectivity index (χ1n) is 6.32. The number of phenols is 1. The number of aromatic hydroxyl groups is 1. The number of carbonyl (C=O) groups excluding carboxylic acids is 1. The van der Waals surface area contributed by atoms with Crippen LogP contribution in [0.25, 0.3) is 0 Å². The van der Waals surface area contributed by atoms with Crippen LogP contribution in [0.15, 0.2) is 35.2 Å². The second kappa shape index (κ2) is 6.47. The zero-order valence-electron chi connectivity index (χ0n) is 11.8. The summed E-state index contributed by atoms with van der Waals surface area (Å²) in [7, 11) is -4.12. The second-order valence-electron chi connectivity index (χ2n) is 4.86. The Kier molecular flexibility index (Phi) is 4.98. The van der Waals surface area contributed by atoms with Gasteiger partial charge < -0.3 is 5.11 Å². The van der Waals surface area contributed by atoms with E-state index in [-0.39, 0.29) is 27.0 Å². The molecule has 0 aliphatic heterocycles. The van der Waals surface area contributed by atoms with Crippen LogP contribution >= 0.6 is 23.2 Å². The van der Waals surface area contributed by atoms with Crippen molar-refractivity contribution in [3.8, 4) is 5.75 Å². The number of hydrogen-bond donors (Lipinski definition) is 1. The second-order valence-corrected chi connectivity index (χ2v) is 7.66. The average Bonchev–Trinajstić information content (AvgIpc) is 2.44. The fraction of sp³-hybridized carbons (Fsp3) is 0.133. The van der Waals surface area contributed by atoms with Gasteiger partial charge in [-0.3, -0.25) is 4.79 Å². The van der Waals surface area contributed by atoms with Gasteiger partial charge in [-0.15, -0.1) is 0 Å². The van der Waals surface area contributed by atoms with E-state index in [4.69, 9.17) is 23.2 Å². The van der Waals surface area contributed by atoms with Gasteiger partial charge in [-0.05, 0) is 37.3 Å². The predicted molar refractivity (Wildman–Crippen MR) is 85.4 cm³/mol. The molecule has 8 heteroatoms. The van der Waals surface area contributed by atoms with Gasteiger partial charge >= 0.3 is 0 Å². The van der Waals surface area contributed by atoms with Crippen LogP contribution in [0.1, 0.15) is 22.8 Å². The molecule has 0 saturated carbocycles. The highest BCUT2D eigenvalue weighted by atomic mass is 35.5. The first-order valence-corrected chi connectivity index (χ1v) is 8.73. The van der Waals surface area contributed by atoms with E-state index in [1.165, 1.54) is 25.1 Å². The highest BCUT2D eigenvalue weighted by molar-refractivity contribution is 7.90. The molecular weight excluding hydrogens is 366 g/mol. The van der Waals surface area contributed by atoms with Crippen molar-refractivity contribution in [3.05, 3.63) is 57.3 Å². The van der Waals surface area contributed by atoms with E-state index in [0.29, 0.717) is 0 Å². The molecule has 0 radical (unpaired) electrons. The first kappa shape index (κ1) is 17.7. The van der Waals surface area contributed by atoms with E-state index in [1.54, 1.807) is 0 Å². The van der Waals surface area contributed by atoms with Gasteiger partial charge in [0.2, 0.25) is 0 Å². The Balaban J connectivity index is 2.51. The predicted octanol–water partition coefficient (Wildman–Crippen LogP) is 4.01. The number of phenolic OH excluding ortho intramolecular Hbond substituents is 1. The molecule has 0 amide bonds. The average molecular weight is 377 g/mol. The van der Waals surface area contributed by atoms with Crippen LogP contribution in [-0.4, -0.2) is 19.3 Å². The molecule has 0 atom stereocenters. The van der Waals surface area contributed by atoms with E-state index in [9.17, 15) is 22.7 Å². The number of rotatable bonds is 4. The number of halogens is 3. The van der Waals surface area contributed by atoms with E-state index in [2.05, 4.69) is 0 Å². The van der Waals surface area contributed by atoms with Crippen molar-refractivity contribution in [2.45, 2.75) is 17.6 Å². The molecule has 0 aliphatic rings. The van der Waals surface area contributed by atoms with Crippen LogP contribution in [0.3, 0.4) is 0 Å². The lowest BCUT2D eigenvalue weighted by Gasteiger charge is -2.10. The summed E-state index contributed by atoms with van der Waals surface area (Å²) in [6.07, 6.45) is 0. The number of ketones is 1. The van der Waals surface area contributed by atoms with Crippen molar-refractivity contribution in [2.75, 3.05) is 0 Å². The zero-order chi connectivity index (χ0) is 17.4. The summed E-state index contributed by atoms with van der Waals surface area (Å²) in [5, 5.41) is 9.62. The Morgan fingerprint density at radius 1 is 1.22 bits per heavy atom. The van der Waals surface area contributed by atoms with Crippen LogP contribution in [0.2, 0.25) is 10.0 Å². The summed E-state index contributed by atoms with van der Waals surface area (Å²) in [5.41, 5.74) is -0.00172. The largest absolute Gasteiger partial charge is 0.505 e. The van der Waals surface area contributed by atoms with Gasteiger partial charge in [-0.25, -0.2) is 12.8 Å². The quantitative estimate of drug-likeness (QED) is 0.818. The van der Waals surface area contributed by atoms with Crippen LogP contribution in [0, 0.1) is 5.82 Å². The molecule has 0 aliphatic carbocycles. The lowest BCUT2D eigenvalue weighted by molar-refractivity contribution is 0.101. The van der Waals surface area contributed by atoms with Crippen molar-refractivity contribution in [2.24, 2.45) is 0 Å². The molecule has 23 heavy (non-hydrogen) atoms. The van der Waals surface area contributed by atoms with Crippen molar-refractivity contribution >= 4 is 38.8 Å². The Bertz CT molecular complexity index is 895. The number of sulfone groups is 1. The molecular formula is C15H11Cl2FO4S. The normalized spacial score (nSPS) is 11.5. The molecule has 0 fully saturated rings. The minimum absolute atomic E-state index is 0.0179.